The lowest BCUT2D eigenvalue weighted by Crippen LogP contribution is -2.33. The number of likely N-dealkylation sites (tertiary alicyclic amines) is 1. The van der Waals surface area contributed by atoms with Crippen LogP contribution in [0.3, 0.4) is 0 Å². The number of methoxy groups -OCH3 is 1. The maximum absolute atomic E-state index is 5.85. The van der Waals surface area contributed by atoms with Gasteiger partial charge in [0.25, 0.3) is 0 Å². The Morgan fingerprint density at radius 1 is 1.26 bits per heavy atom. The first-order valence-electron chi connectivity index (χ1n) is 9.01. The smallest absolute Gasteiger partial charge is 0.128 e. The van der Waals surface area contributed by atoms with E-state index in [0.29, 0.717) is 5.92 Å². The number of ether oxygens (including phenoxy) is 1. The molecule has 128 valence electrons. The van der Waals surface area contributed by atoms with Crippen LogP contribution in [0.5, 0.6) is 0 Å². The van der Waals surface area contributed by atoms with Crippen molar-refractivity contribution in [2.24, 2.45) is 10.9 Å². The van der Waals surface area contributed by atoms with Gasteiger partial charge < -0.3 is 4.74 Å². The van der Waals surface area contributed by atoms with E-state index in [2.05, 4.69) is 42.8 Å². The van der Waals surface area contributed by atoms with E-state index in [1.54, 1.807) is 7.11 Å². The van der Waals surface area contributed by atoms with Crippen LogP contribution in [0, 0.1) is 5.92 Å². The van der Waals surface area contributed by atoms with Gasteiger partial charge >= 0.3 is 0 Å². The number of rotatable bonds is 5. The van der Waals surface area contributed by atoms with Crippen molar-refractivity contribution in [3.05, 3.63) is 34.6 Å². The van der Waals surface area contributed by atoms with Gasteiger partial charge in [-0.2, -0.15) is 0 Å². The summed E-state index contributed by atoms with van der Waals surface area (Å²) in [6.07, 6.45) is 9.60. The highest BCUT2D eigenvalue weighted by molar-refractivity contribution is 6.16. The van der Waals surface area contributed by atoms with E-state index in [9.17, 15) is 0 Å². The van der Waals surface area contributed by atoms with Gasteiger partial charge in [-0.3, -0.25) is 9.89 Å². The van der Waals surface area contributed by atoms with E-state index in [4.69, 9.17) is 4.74 Å². The summed E-state index contributed by atoms with van der Waals surface area (Å²) in [6.45, 7) is 10.0. The Morgan fingerprint density at radius 3 is 2.48 bits per heavy atom. The fourth-order valence-corrected chi connectivity index (χ4v) is 3.64. The van der Waals surface area contributed by atoms with E-state index in [-0.39, 0.29) is 0 Å². The number of hydrogen-bond acceptors (Lipinski definition) is 3. The van der Waals surface area contributed by atoms with Gasteiger partial charge in [0.05, 0.1) is 12.8 Å². The second kappa shape index (κ2) is 8.49. The van der Waals surface area contributed by atoms with Crippen LogP contribution in [-0.2, 0) is 4.74 Å². The van der Waals surface area contributed by atoms with Crippen LogP contribution in [0.2, 0.25) is 0 Å². The van der Waals surface area contributed by atoms with E-state index >= 15 is 0 Å². The molecule has 0 unspecified atom stereocenters. The van der Waals surface area contributed by atoms with Crippen molar-refractivity contribution in [2.75, 3.05) is 33.8 Å². The SMILES string of the molecule is CC/C=C1/C=C(CN2CCCCC2)C(OC)=C(C(C)C)C1=NC. The lowest BCUT2D eigenvalue weighted by Gasteiger charge is -2.31. The van der Waals surface area contributed by atoms with Gasteiger partial charge in [0.15, 0.2) is 0 Å². The normalized spacial score (nSPS) is 23.8. The Kier molecular flexibility index (Phi) is 6.64. The summed E-state index contributed by atoms with van der Waals surface area (Å²) in [4.78, 5) is 7.14. The quantitative estimate of drug-likeness (QED) is 0.752. The Bertz CT molecular complexity index is 532. The Labute approximate surface area is 141 Å². The molecular weight excluding hydrogens is 284 g/mol. The summed E-state index contributed by atoms with van der Waals surface area (Å²) in [6, 6.07) is 0. The maximum Gasteiger partial charge on any atom is 0.128 e. The lowest BCUT2D eigenvalue weighted by molar-refractivity contribution is 0.233. The van der Waals surface area contributed by atoms with Crippen LogP contribution in [-0.4, -0.2) is 44.4 Å². The highest BCUT2D eigenvalue weighted by atomic mass is 16.5. The first kappa shape index (κ1) is 18.0. The third kappa shape index (κ3) is 4.14. The predicted molar refractivity (Wildman–Crippen MR) is 99.0 cm³/mol. The summed E-state index contributed by atoms with van der Waals surface area (Å²) in [7, 11) is 3.68. The van der Waals surface area contributed by atoms with Gasteiger partial charge in [-0.25, -0.2) is 0 Å². The molecule has 0 aromatic heterocycles. The summed E-state index contributed by atoms with van der Waals surface area (Å²) in [5, 5.41) is 0. The van der Waals surface area contributed by atoms with E-state index in [1.165, 1.54) is 49.1 Å². The zero-order valence-electron chi connectivity index (χ0n) is 15.5. The molecule has 0 saturated carbocycles. The van der Waals surface area contributed by atoms with E-state index < -0.39 is 0 Å². The number of nitrogens with zero attached hydrogens (tertiary/aromatic N) is 2. The van der Waals surface area contributed by atoms with Crippen molar-refractivity contribution in [3.63, 3.8) is 0 Å². The van der Waals surface area contributed by atoms with Gasteiger partial charge in [-0.05, 0) is 49.9 Å². The molecule has 0 spiro atoms. The molecule has 0 atom stereocenters. The molecule has 0 aromatic carbocycles. The van der Waals surface area contributed by atoms with Crippen molar-refractivity contribution < 1.29 is 4.74 Å². The van der Waals surface area contributed by atoms with Crippen molar-refractivity contribution in [2.45, 2.75) is 46.5 Å². The van der Waals surface area contributed by atoms with Crippen LogP contribution in [0.4, 0.5) is 0 Å². The first-order chi connectivity index (χ1) is 11.1. The Balaban J connectivity index is 2.41. The largest absolute Gasteiger partial charge is 0.496 e. The van der Waals surface area contributed by atoms with Crippen molar-refractivity contribution >= 4 is 5.71 Å². The minimum Gasteiger partial charge on any atom is -0.496 e. The fourth-order valence-electron chi connectivity index (χ4n) is 3.64. The van der Waals surface area contributed by atoms with Crippen LogP contribution >= 0.6 is 0 Å². The molecule has 0 aromatic rings. The molecule has 1 aliphatic carbocycles. The first-order valence-corrected chi connectivity index (χ1v) is 9.01. The zero-order valence-corrected chi connectivity index (χ0v) is 15.5. The molecule has 23 heavy (non-hydrogen) atoms. The Hall–Kier alpha value is -1.35. The van der Waals surface area contributed by atoms with Crippen LogP contribution in [0.1, 0.15) is 46.5 Å². The molecule has 3 heteroatoms. The highest BCUT2D eigenvalue weighted by Crippen LogP contribution is 2.33. The minimum absolute atomic E-state index is 0.397. The molecular formula is C20H32N2O. The fraction of sp³-hybridized carbons (Fsp3) is 0.650. The van der Waals surface area contributed by atoms with Crippen molar-refractivity contribution in [3.8, 4) is 0 Å². The van der Waals surface area contributed by atoms with Gasteiger partial charge in [0.2, 0.25) is 0 Å². The number of hydrogen-bond donors (Lipinski definition) is 0. The maximum atomic E-state index is 5.85. The monoisotopic (exact) mass is 316 g/mol. The van der Waals surface area contributed by atoms with Gasteiger partial charge in [-0.1, -0.05) is 33.3 Å². The second-order valence-electron chi connectivity index (χ2n) is 6.75. The third-order valence-electron chi connectivity index (χ3n) is 4.67. The summed E-state index contributed by atoms with van der Waals surface area (Å²) >= 11 is 0. The number of aliphatic imine (C=N–C) groups is 1. The summed E-state index contributed by atoms with van der Waals surface area (Å²) in [5.41, 5.74) is 4.92. The predicted octanol–water partition coefficient (Wildman–Crippen LogP) is 4.38. The van der Waals surface area contributed by atoms with Gasteiger partial charge in [0.1, 0.15) is 5.76 Å². The zero-order chi connectivity index (χ0) is 16.8. The van der Waals surface area contributed by atoms with Crippen LogP contribution in [0.25, 0.3) is 0 Å². The summed E-state index contributed by atoms with van der Waals surface area (Å²) in [5.74, 6) is 1.44. The average molecular weight is 316 g/mol. The molecule has 1 aliphatic heterocycles. The van der Waals surface area contributed by atoms with Crippen molar-refractivity contribution in [1.29, 1.82) is 0 Å². The van der Waals surface area contributed by atoms with E-state index in [0.717, 1.165) is 24.4 Å². The molecule has 1 saturated heterocycles. The molecule has 1 fully saturated rings. The highest BCUT2D eigenvalue weighted by Gasteiger charge is 2.28. The lowest BCUT2D eigenvalue weighted by atomic mass is 9.84. The van der Waals surface area contributed by atoms with Crippen LogP contribution in [0.15, 0.2) is 39.6 Å². The molecule has 0 N–H and O–H groups in total. The van der Waals surface area contributed by atoms with Gasteiger partial charge in [0, 0.05) is 24.7 Å². The second-order valence-corrected chi connectivity index (χ2v) is 6.75. The molecule has 1 heterocycles. The average Bonchev–Trinajstić information content (AvgIpc) is 2.55. The molecule has 0 bridgehead atoms. The molecule has 0 radical (unpaired) electrons. The standard InChI is InChI=1S/C20H32N2O/c1-6-10-16-13-17(14-22-11-8-7-9-12-22)20(23-5)18(15(2)3)19(16)21-4/h10,13,15H,6-9,11-12,14H2,1-5H3/b16-10-,21-19?. The molecule has 3 nitrogen and oxygen atoms in total. The molecule has 2 rings (SSSR count). The molecule has 0 amide bonds. The number of piperidine rings is 1. The summed E-state index contributed by atoms with van der Waals surface area (Å²) < 4.78 is 5.85. The number of allylic oxidation sites excluding steroid dienone is 4. The van der Waals surface area contributed by atoms with E-state index in [1.807, 2.05) is 7.05 Å². The van der Waals surface area contributed by atoms with Crippen molar-refractivity contribution in [1.82, 2.24) is 4.90 Å². The third-order valence-corrected chi connectivity index (χ3v) is 4.67. The van der Waals surface area contributed by atoms with Crippen LogP contribution < -0.4 is 0 Å². The topological polar surface area (TPSA) is 24.8 Å². The van der Waals surface area contributed by atoms with Gasteiger partial charge in [-0.15, -0.1) is 0 Å². The minimum atomic E-state index is 0.397. The molecule has 2 aliphatic rings. The Morgan fingerprint density at radius 2 is 1.96 bits per heavy atom.